The minimum atomic E-state index is -0.314. The quantitative estimate of drug-likeness (QED) is 0.644. The summed E-state index contributed by atoms with van der Waals surface area (Å²) >= 11 is 0. The zero-order valence-corrected chi connectivity index (χ0v) is 16.9. The van der Waals surface area contributed by atoms with Crippen molar-refractivity contribution in [1.29, 1.82) is 0 Å². The Morgan fingerprint density at radius 1 is 0.966 bits per heavy atom. The van der Waals surface area contributed by atoms with Crippen molar-refractivity contribution < 1.29 is 9.59 Å². The molecule has 0 aliphatic carbocycles. The number of rotatable bonds is 6. The van der Waals surface area contributed by atoms with Crippen LogP contribution in [0.4, 0.5) is 5.69 Å². The van der Waals surface area contributed by atoms with Gasteiger partial charge in [-0.25, -0.2) is 0 Å². The highest BCUT2D eigenvalue weighted by molar-refractivity contribution is 6.06. The molecule has 0 aliphatic rings. The SMILES string of the molecule is Cc1ccccc1CNC(=O)c1cc(C(=O)Nc2ccccc2C(C)C)ccn1. The van der Waals surface area contributed by atoms with E-state index in [-0.39, 0.29) is 23.4 Å². The van der Waals surface area contributed by atoms with E-state index < -0.39 is 0 Å². The molecular weight excluding hydrogens is 362 g/mol. The van der Waals surface area contributed by atoms with Crippen LogP contribution in [0.15, 0.2) is 66.9 Å². The van der Waals surface area contributed by atoms with Crippen LogP contribution >= 0.6 is 0 Å². The van der Waals surface area contributed by atoms with Crippen molar-refractivity contribution in [3.63, 3.8) is 0 Å². The number of carbonyl (C=O) groups excluding carboxylic acids is 2. The van der Waals surface area contributed by atoms with Crippen molar-refractivity contribution in [2.45, 2.75) is 33.2 Å². The number of aromatic nitrogens is 1. The van der Waals surface area contributed by atoms with Gasteiger partial charge in [0.15, 0.2) is 0 Å². The molecule has 0 aliphatic heterocycles. The minimum absolute atomic E-state index is 0.211. The number of carbonyl (C=O) groups is 2. The van der Waals surface area contributed by atoms with Gasteiger partial charge in [0.1, 0.15) is 5.69 Å². The van der Waals surface area contributed by atoms with E-state index in [1.807, 2.05) is 55.5 Å². The van der Waals surface area contributed by atoms with E-state index in [4.69, 9.17) is 0 Å². The zero-order valence-electron chi connectivity index (χ0n) is 16.9. The molecule has 5 heteroatoms. The van der Waals surface area contributed by atoms with E-state index >= 15 is 0 Å². The van der Waals surface area contributed by atoms with Crippen LogP contribution < -0.4 is 10.6 Å². The summed E-state index contributed by atoms with van der Waals surface area (Å²) < 4.78 is 0. The van der Waals surface area contributed by atoms with Gasteiger partial charge in [-0.15, -0.1) is 0 Å². The normalized spacial score (nSPS) is 10.6. The van der Waals surface area contributed by atoms with E-state index in [0.29, 0.717) is 12.1 Å². The van der Waals surface area contributed by atoms with Crippen molar-refractivity contribution in [3.05, 3.63) is 94.8 Å². The highest BCUT2D eigenvalue weighted by Gasteiger charge is 2.14. The first kappa shape index (κ1) is 20.3. The first-order valence-corrected chi connectivity index (χ1v) is 9.64. The molecule has 0 saturated carbocycles. The average molecular weight is 387 g/mol. The third-order valence-corrected chi connectivity index (χ3v) is 4.79. The summed E-state index contributed by atoms with van der Waals surface area (Å²) in [5, 5.41) is 5.80. The fraction of sp³-hybridized carbons (Fsp3) is 0.208. The van der Waals surface area contributed by atoms with Crippen LogP contribution in [-0.2, 0) is 6.54 Å². The topological polar surface area (TPSA) is 71.1 Å². The van der Waals surface area contributed by atoms with Gasteiger partial charge in [-0.1, -0.05) is 56.3 Å². The van der Waals surface area contributed by atoms with Gasteiger partial charge in [0.2, 0.25) is 0 Å². The summed E-state index contributed by atoms with van der Waals surface area (Å²) in [6, 6.07) is 18.7. The minimum Gasteiger partial charge on any atom is -0.347 e. The number of amides is 2. The molecule has 5 nitrogen and oxygen atoms in total. The first-order valence-electron chi connectivity index (χ1n) is 9.64. The number of anilines is 1. The Hall–Kier alpha value is -3.47. The molecule has 2 aromatic carbocycles. The first-order chi connectivity index (χ1) is 14.0. The van der Waals surface area contributed by atoms with Gasteiger partial charge >= 0.3 is 0 Å². The molecule has 0 bridgehead atoms. The van der Waals surface area contributed by atoms with Gasteiger partial charge < -0.3 is 10.6 Å². The molecule has 2 amide bonds. The molecule has 1 aromatic heterocycles. The summed E-state index contributed by atoms with van der Waals surface area (Å²) in [7, 11) is 0. The fourth-order valence-corrected chi connectivity index (χ4v) is 3.08. The highest BCUT2D eigenvalue weighted by atomic mass is 16.2. The van der Waals surface area contributed by atoms with E-state index in [9.17, 15) is 9.59 Å². The third kappa shape index (κ3) is 5.08. The van der Waals surface area contributed by atoms with Crippen LogP contribution in [0.3, 0.4) is 0 Å². The molecule has 0 fully saturated rings. The predicted octanol–water partition coefficient (Wildman–Crippen LogP) is 4.70. The van der Waals surface area contributed by atoms with Crippen LogP contribution in [0.1, 0.15) is 57.3 Å². The monoisotopic (exact) mass is 387 g/mol. The number of benzene rings is 2. The second-order valence-electron chi connectivity index (χ2n) is 7.23. The fourth-order valence-electron chi connectivity index (χ4n) is 3.08. The van der Waals surface area contributed by atoms with Crippen LogP contribution in [0.2, 0.25) is 0 Å². The maximum Gasteiger partial charge on any atom is 0.270 e. The van der Waals surface area contributed by atoms with Crippen LogP contribution in [0.25, 0.3) is 0 Å². The third-order valence-electron chi connectivity index (χ3n) is 4.79. The Kier molecular flexibility index (Phi) is 6.39. The molecule has 3 rings (SSSR count). The lowest BCUT2D eigenvalue weighted by Gasteiger charge is -2.14. The Morgan fingerprint density at radius 3 is 2.45 bits per heavy atom. The number of nitrogens with one attached hydrogen (secondary N) is 2. The number of nitrogens with zero attached hydrogens (tertiary/aromatic N) is 1. The van der Waals surface area contributed by atoms with Crippen molar-refractivity contribution in [3.8, 4) is 0 Å². The molecule has 0 unspecified atom stereocenters. The smallest absolute Gasteiger partial charge is 0.270 e. The van der Waals surface area contributed by atoms with Gasteiger partial charge in [-0.05, 0) is 47.7 Å². The standard InChI is InChI=1S/C24H25N3O2/c1-16(2)20-10-6-7-11-21(20)27-23(28)18-12-13-25-22(14-18)24(29)26-15-19-9-5-4-8-17(19)3/h4-14,16H,15H2,1-3H3,(H,26,29)(H,27,28). The number of hydrogen-bond acceptors (Lipinski definition) is 3. The molecule has 2 N–H and O–H groups in total. The summed E-state index contributed by atoms with van der Waals surface area (Å²) in [6.45, 7) is 6.56. The Morgan fingerprint density at radius 2 is 1.69 bits per heavy atom. The summed E-state index contributed by atoms with van der Waals surface area (Å²) in [5.41, 5.74) is 4.58. The number of aryl methyl sites for hydroxylation is 1. The maximum atomic E-state index is 12.7. The molecular formula is C24H25N3O2. The van der Waals surface area contributed by atoms with Crippen LogP contribution in [-0.4, -0.2) is 16.8 Å². The number of hydrogen-bond donors (Lipinski definition) is 2. The second-order valence-corrected chi connectivity index (χ2v) is 7.23. The van der Waals surface area contributed by atoms with E-state index in [2.05, 4.69) is 29.5 Å². The number of para-hydroxylation sites is 1. The predicted molar refractivity (Wildman–Crippen MR) is 115 cm³/mol. The second kappa shape index (κ2) is 9.15. The van der Waals surface area contributed by atoms with E-state index in [1.165, 1.54) is 12.3 Å². The molecule has 148 valence electrons. The van der Waals surface area contributed by atoms with Crippen LogP contribution in [0.5, 0.6) is 0 Å². The largest absolute Gasteiger partial charge is 0.347 e. The lowest BCUT2D eigenvalue weighted by Crippen LogP contribution is -2.25. The maximum absolute atomic E-state index is 12.7. The number of pyridine rings is 1. The van der Waals surface area contributed by atoms with Crippen molar-refractivity contribution in [1.82, 2.24) is 10.3 Å². The van der Waals surface area contributed by atoms with Crippen LogP contribution in [0, 0.1) is 6.92 Å². The molecule has 3 aromatic rings. The lowest BCUT2D eigenvalue weighted by molar-refractivity contribution is 0.0946. The Balaban J connectivity index is 1.71. The Bertz CT molecular complexity index is 1030. The van der Waals surface area contributed by atoms with Gasteiger partial charge in [-0.2, -0.15) is 0 Å². The molecule has 0 saturated heterocycles. The summed E-state index contributed by atoms with van der Waals surface area (Å²) in [4.78, 5) is 29.3. The van der Waals surface area contributed by atoms with Crippen molar-refractivity contribution >= 4 is 17.5 Å². The Labute approximate surface area is 171 Å². The van der Waals surface area contributed by atoms with Gasteiger partial charge in [0.25, 0.3) is 11.8 Å². The zero-order chi connectivity index (χ0) is 20.8. The van der Waals surface area contributed by atoms with Gasteiger partial charge in [-0.3, -0.25) is 14.6 Å². The van der Waals surface area contributed by atoms with E-state index in [0.717, 1.165) is 22.4 Å². The van der Waals surface area contributed by atoms with Gasteiger partial charge in [0.05, 0.1) is 0 Å². The summed E-state index contributed by atoms with van der Waals surface area (Å²) in [5.74, 6) is -0.300. The molecule has 29 heavy (non-hydrogen) atoms. The lowest BCUT2D eigenvalue weighted by atomic mass is 10.0. The molecule has 0 spiro atoms. The average Bonchev–Trinajstić information content (AvgIpc) is 2.73. The molecule has 0 radical (unpaired) electrons. The molecule has 0 atom stereocenters. The highest BCUT2D eigenvalue weighted by Crippen LogP contribution is 2.24. The van der Waals surface area contributed by atoms with Crippen molar-refractivity contribution in [2.75, 3.05) is 5.32 Å². The summed E-state index contributed by atoms with van der Waals surface area (Å²) in [6.07, 6.45) is 1.48. The van der Waals surface area contributed by atoms with Gasteiger partial charge in [0, 0.05) is 24.0 Å². The molecule has 1 heterocycles. The van der Waals surface area contributed by atoms with Crippen molar-refractivity contribution in [2.24, 2.45) is 0 Å². The van der Waals surface area contributed by atoms with E-state index in [1.54, 1.807) is 6.07 Å².